The Labute approximate surface area is 128 Å². The SMILES string of the molecule is Cc1ccc(-n2c3ccccc3c(=O)c3ccccc32)cc1. The fourth-order valence-corrected chi connectivity index (χ4v) is 2.97. The van der Waals surface area contributed by atoms with Gasteiger partial charge in [0, 0.05) is 16.5 Å². The van der Waals surface area contributed by atoms with Crippen LogP contribution in [-0.2, 0) is 0 Å². The summed E-state index contributed by atoms with van der Waals surface area (Å²) >= 11 is 0. The van der Waals surface area contributed by atoms with Crippen LogP contribution in [-0.4, -0.2) is 4.57 Å². The number of hydrogen-bond donors (Lipinski definition) is 0. The first-order valence-electron chi connectivity index (χ1n) is 7.35. The quantitative estimate of drug-likeness (QED) is 0.473. The number of nitrogens with zero attached hydrogens (tertiary/aromatic N) is 1. The fourth-order valence-electron chi connectivity index (χ4n) is 2.97. The smallest absolute Gasteiger partial charge is 0.197 e. The minimum Gasteiger partial charge on any atom is -0.309 e. The van der Waals surface area contributed by atoms with E-state index in [-0.39, 0.29) is 5.43 Å². The Bertz CT molecular complexity index is 983. The zero-order valence-corrected chi connectivity index (χ0v) is 12.3. The molecule has 2 heteroatoms. The third-order valence-corrected chi connectivity index (χ3v) is 4.07. The molecule has 0 aliphatic carbocycles. The van der Waals surface area contributed by atoms with E-state index >= 15 is 0 Å². The molecular formula is C20H15NO. The number of fused-ring (bicyclic) bond motifs is 2. The van der Waals surface area contributed by atoms with Crippen molar-refractivity contribution in [3.05, 3.63) is 88.6 Å². The van der Waals surface area contributed by atoms with E-state index in [0.29, 0.717) is 0 Å². The van der Waals surface area contributed by atoms with E-state index in [1.807, 2.05) is 48.5 Å². The Morgan fingerprint density at radius 1 is 0.682 bits per heavy atom. The molecule has 3 aromatic carbocycles. The van der Waals surface area contributed by atoms with Crippen molar-refractivity contribution < 1.29 is 0 Å². The second kappa shape index (κ2) is 4.85. The second-order valence-electron chi connectivity index (χ2n) is 5.53. The molecule has 0 fully saturated rings. The molecule has 2 nitrogen and oxygen atoms in total. The van der Waals surface area contributed by atoms with Crippen LogP contribution in [0.4, 0.5) is 0 Å². The molecular weight excluding hydrogens is 270 g/mol. The highest BCUT2D eigenvalue weighted by atomic mass is 16.1. The van der Waals surface area contributed by atoms with E-state index < -0.39 is 0 Å². The van der Waals surface area contributed by atoms with Crippen molar-refractivity contribution >= 4 is 21.8 Å². The van der Waals surface area contributed by atoms with Gasteiger partial charge in [-0.05, 0) is 43.3 Å². The van der Waals surface area contributed by atoms with Crippen LogP contribution in [0.5, 0.6) is 0 Å². The van der Waals surface area contributed by atoms with Crippen molar-refractivity contribution in [2.75, 3.05) is 0 Å². The van der Waals surface area contributed by atoms with Crippen molar-refractivity contribution in [3.63, 3.8) is 0 Å². The third-order valence-electron chi connectivity index (χ3n) is 4.07. The van der Waals surface area contributed by atoms with Gasteiger partial charge in [0.2, 0.25) is 0 Å². The van der Waals surface area contributed by atoms with Gasteiger partial charge in [-0.15, -0.1) is 0 Å². The maximum Gasteiger partial charge on any atom is 0.197 e. The van der Waals surface area contributed by atoms with Crippen molar-refractivity contribution in [2.24, 2.45) is 0 Å². The molecule has 0 atom stereocenters. The minimum absolute atomic E-state index is 0.0922. The van der Waals surface area contributed by atoms with E-state index in [1.54, 1.807) is 0 Å². The highest BCUT2D eigenvalue weighted by Gasteiger charge is 2.11. The zero-order chi connectivity index (χ0) is 15.1. The maximum atomic E-state index is 12.7. The van der Waals surface area contributed by atoms with E-state index in [9.17, 15) is 4.79 Å². The van der Waals surface area contributed by atoms with Crippen molar-refractivity contribution in [1.82, 2.24) is 4.57 Å². The molecule has 1 heterocycles. The zero-order valence-electron chi connectivity index (χ0n) is 12.3. The van der Waals surface area contributed by atoms with Crippen molar-refractivity contribution in [1.29, 1.82) is 0 Å². The normalized spacial score (nSPS) is 11.1. The summed E-state index contributed by atoms with van der Waals surface area (Å²) in [5.41, 5.74) is 4.26. The topological polar surface area (TPSA) is 22.0 Å². The monoisotopic (exact) mass is 285 g/mol. The van der Waals surface area contributed by atoms with Crippen LogP contribution >= 0.6 is 0 Å². The first kappa shape index (κ1) is 12.8. The molecule has 4 rings (SSSR count). The Balaban J connectivity index is 2.25. The molecule has 0 aliphatic heterocycles. The lowest BCUT2D eigenvalue weighted by Crippen LogP contribution is -2.10. The van der Waals surface area contributed by atoms with Crippen LogP contribution in [0.15, 0.2) is 77.6 Å². The summed E-state index contributed by atoms with van der Waals surface area (Å²) in [6, 6.07) is 24.0. The van der Waals surface area contributed by atoms with Crippen LogP contribution < -0.4 is 5.43 Å². The van der Waals surface area contributed by atoms with Crippen LogP contribution in [0.2, 0.25) is 0 Å². The average Bonchev–Trinajstić information content (AvgIpc) is 2.57. The third kappa shape index (κ3) is 1.85. The number of rotatable bonds is 1. The Morgan fingerprint density at radius 3 is 1.73 bits per heavy atom. The maximum absolute atomic E-state index is 12.7. The summed E-state index contributed by atoms with van der Waals surface area (Å²) in [6.07, 6.45) is 0. The highest BCUT2D eigenvalue weighted by Crippen LogP contribution is 2.23. The summed E-state index contributed by atoms with van der Waals surface area (Å²) < 4.78 is 2.16. The van der Waals surface area contributed by atoms with Gasteiger partial charge in [0.05, 0.1) is 11.0 Å². The van der Waals surface area contributed by atoms with Gasteiger partial charge in [0.25, 0.3) is 0 Å². The van der Waals surface area contributed by atoms with Gasteiger partial charge in [0.1, 0.15) is 0 Å². The number of pyridine rings is 1. The van der Waals surface area contributed by atoms with Crippen molar-refractivity contribution in [3.8, 4) is 5.69 Å². The molecule has 0 aliphatic rings. The van der Waals surface area contributed by atoms with E-state index in [0.717, 1.165) is 27.5 Å². The number of benzene rings is 3. The lowest BCUT2D eigenvalue weighted by Gasteiger charge is -2.15. The van der Waals surface area contributed by atoms with Gasteiger partial charge in [-0.25, -0.2) is 0 Å². The van der Waals surface area contributed by atoms with E-state index in [2.05, 4.69) is 35.8 Å². The summed E-state index contributed by atoms with van der Waals surface area (Å²) in [7, 11) is 0. The molecule has 0 spiro atoms. The Morgan fingerprint density at radius 2 is 1.18 bits per heavy atom. The summed E-state index contributed by atoms with van der Waals surface area (Å²) in [5.74, 6) is 0. The molecule has 0 unspecified atom stereocenters. The molecule has 1 aromatic heterocycles. The minimum atomic E-state index is 0.0922. The Hall–Kier alpha value is -2.87. The van der Waals surface area contributed by atoms with Gasteiger partial charge in [-0.1, -0.05) is 42.0 Å². The molecule has 0 amide bonds. The fraction of sp³-hybridized carbons (Fsp3) is 0.0500. The number of aryl methyl sites for hydroxylation is 1. The molecule has 0 saturated heterocycles. The molecule has 22 heavy (non-hydrogen) atoms. The first-order chi connectivity index (χ1) is 10.8. The lowest BCUT2D eigenvalue weighted by molar-refractivity contribution is 1.16. The standard InChI is InChI=1S/C20H15NO/c1-14-10-12-15(13-11-14)21-18-8-4-2-6-16(18)20(22)17-7-3-5-9-19(17)21/h2-13H,1H3. The average molecular weight is 285 g/mol. The molecule has 0 bridgehead atoms. The van der Waals surface area contributed by atoms with E-state index in [4.69, 9.17) is 0 Å². The van der Waals surface area contributed by atoms with Crippen LogP contribution in [0, 0.1) is 6.92 Å². The first-order valence-corrected chi connectivity index (χ1v) is 7.35. The summed E-state index contributed by atoms with van der Waals surface area (Å²) in [5, 5.41) is 1.50. The number of para-hydroxylation sites is 2. The Kier molecular flexibility index (Phi) is 2.83. The largest absolute Gasteiger partial charge is 0.309 e. The molecule has 4 aromatic rings. The van der Waals surface area contributed by atoms with Gasteiger partial charge in [0.15, 0.2) is 5.43 Å². The van der Waals surface area contributed by atoms with Crippen LogP contribution in [0.25, 0.3) is 27.5 Å². The molecule has 0 radical (unpaired) electrons. The van der Waals surface area contributed by atoms with Gasteiger partial charge in [-0.3, -0.25) is 4.79 Å². The lowest BCUT2D eigenvalue weighted by atomic mass is 10.1. The highest BCUT2D eigenvalue weighted by molar-refractivity contribution is 5.95. The number of hydrogen-bond acceptors (Lipinski definition) is 1. The van der Waals surface area contributed by atoms with Crippen molar-refractivity contribution in [2.45, 2.75) is 6.92 Å². The molecule has 0 N–H and O–H groups in total. The van der Waals surface area contributed by atoms with E-state index in [1.165, 1.54) is 5.56 Å². The second-order valence-corrected chi connectivity index (χ2v) is 5.53. The molecule has 0 saturated carbocycles. The predicted molar refractivity (Wildman–Crippen MR) is 91.8 cm³/mol. The van der Waals surface area contributed by atoms with Gasteiger partial charge >= 0.3 is 0 Å². The molecule has 106 valence electrons. The van der Waals surface area contributed by atoms with Gasteiger partial charge in [-0.2, -0.15) is 0 Å². The summed E-state index contributed by atoms with van der Waals surface area (Å²) in [4.78, 5) is 12.7. The summed E-state index contributed by atoms with van der Waals surface area (Å²) in [6.45, 7) is 2.07. The number of aromatic nitrogens is 1. The predicted octanol–water partition coefficient (Wildman–Crippen LogP) is 4.45. The van der Waals surface area contributed by atoms with Crippen LogP contribution in [0.3, 0.4) is 0 Å². The van der Waals surface area contributed by atoms with Gasteiger partial charge < -0.3 is 4.57 Å². The van der Waals surface area contributed by atoms with Crippen LogP contribution in [0.1, 0.15) is 5.56 Å².